The van der Waals surface area contributed by atoms with Crippen LogP contribution in [0.2, 0.25) is 5.02 Å². The lowest BCUT2D eigenvalue weighted by Crippen LogP contribution is -2.53. The lowest BCUT2D eigenvalue weighted by Gasteiger charge is -2.34. The second-order valence-electron chi connectivity index (χ2n) is 10.4. The fourth-order valence-electron chi connectivity index (χ4n) is 4.80. The van der Waals surface area contributed by atoms with Gasteiger partial charge in [-0.05, 0) is 79.9 Å². The van der Waals surface area contributed by atoms with Crippen LogP contribution in [-0.4, -0.2) is 44.3 Å². The largest absolute Gasteiger partial charge is 0.355 e. The average molecular weight is 636 g/mol. The summed E-state index contributed by atoms with van der Waals surface area (Å²) in [7, 11) is -4.27. The van der Waals surface area contributed by atoms with Crippen LogP contribution >= 0.6 is 11.6 Å². The first-order chi connectivity index (χ1) is 21.0. The number of carbonyl (C=O) groups excluding carboxylic acids is 2. The molecule has 0 heterocycles. The van der Waals surface area contributed by atoms with E-state index in [9.17, 15) is 22.4 Å². The average Bonchev–Trinajstić information content (AvgIpc) is 3.00. The Kier molecular flexibility index (Phi) is 10.8. The summed E-state index contributed by atoms with van der Waals surface area (Å²) in [6, 6.07) is 24.9. The van der Waals surface area contributed by atoms with Gasteiger partial charge in [-0.15, -0.1) is 0 Å². The van der Waals surface area contributed by atoms with Gasteiger partial charge in [0.25, 0.3) is 10.0 Å². The zero-order valence-corrected chi connectivity index (χ0v) is 26.4. The second kappa shape index (κ2) is 14.5. The highest BCUT2D eigenvalue weighted by Crippen LogP contribution is 2.28. The molecule has 0 aromatic heterocycles. The number of rotatable bonds is 12. The lowest BCUT2D eigenvalue weighted by atomic mass is 10.0. The standard InChI is InChI=1S/C34H35ClFN3O4S/c1-4-37-34(41)32(21-26-10-6-5-7-11-26)38(22-27-12-8-9-13-31(27)36)33(40)23-39(29-17-14-24(2)25(3)20-29)44(42,43)30-18-15-28(35)16-19-30/h5-20,32H,4,21-23H2,1-3H3,(H,37,41)/t32-/m1/s1. The van der Waals surface area contributed by atoms with Gasteiger partial charge in [-0.1, -0.05) is 66.2 Å². The van der Waals surface area contributed by atoms with Gasteiger partial charge in [0.05, 0.1) is 10.6 Å². The molecule has 4 aromatic rings. The summed E-state index contributed by atoms with van der Waals surface area (Å²) in [6.07, 6.45) is 0.139. The van der Waals surface area contributed by atoms with Crippen LogP contribution in [0.5, 0.6) is 0 Å². The van der Waals surface area contributed by atoms with E-state index in [1.54, 1.807) is 37.3 Å². The number of carbonyl (C=O) groups is 2. The molecule has 0 spiro atoms. The van der Waals surface area contributed by atoms with Crippen LogP contribution < -0.4 is 9.62 Å². The van der Waals surface area contributed by atoms with Gasteiger partial charge in [-0.3, -0.25) is 13.9 Å². The van der Waals surface area contributed by atoms with Crippen molar-refractivity contribution >= 4 is 39.1 Å². The first kappa shape index (κ1) is 32.7. The minimum atomic E-state index is -4.27. The van der Waals surface area contributed by atoms with Crippen LogP contribution in [0.15, 0.2) is 102 Å². The van der Waals surface area contributed by atoms with E-state index >= 15 is 0 Å². The van der Waals surface area contributed by atoms with Gasteiger partial charge in [-0.2, -0.15) is 0 Å². The number of anilines is 1. The highest BCUT2D eigenvalue weighted by atomic mass is 35.5. The third kappa shape index (κ3) is 7.84. The van der Waals surface area contributed by atoms with E-state index in [-0.39, 0.29) is 29.1 Å². The summed E-state index contributed by atoms with van der Waals surface area (Å²) in [5.74, 6) is -1.64. The van der Waals surface area contributed by atoms with Crippen LogP contribution in [0.25, 0.3) is 0 Å². The van der Waals surface area contributed by atoms with Crippen molar-refractivity contribution in [2.24, 2.45) is 0 Å². The molecule has 0 fully saturated rings. The Balaban J connectivity index is 1.82. The Labute approximate surface area is 263 Å². The molecule has 0 aliphatic rings. The van der Waals surface area contributed by atoms with E-state index in [0.717, 1.165) is 21.0 Å². The summed E-state index contributed by atoms with van der Waals surface area (Å²) in [6.45, 7) is 4.95. The van der Waals surface area contributed by atoms with Gasteiger partial charge in [0.1, 0.15) is 18.4 Å². The maximum absolute atomic E-state index is 15.0. The molecule has 0 saturated carbocycles. The van der Waals surface area contributed by atoms with E-state index in [1.807, 2.05) is 44.2 Å². The Morgan fingerprint density at radius 3 is 2.18 bits per heavy atom. The summed E-state index contributed by atoms with van der Waals surface area (Å²) < 4.78 is 44.1. The van der Waals surface area contributed by atoms with Crippen LogP contribution in [0.1, 0.15) is 29.2 Å². The number of hydrogen-bond acceptors (Lipinski definition) is 4. The third-order valence-corrected chi connectivity index (χ3v) is 9.42. The van der Waals surface area contributed by atoms with E-state index in [0.29, 0.717) is 11.6 Å². The second-order valence-corrected chi connectivity index (χ2v) is 12.7. The molecule has 0 aliphatic carbocycles. The van der Waals surface area contributed by atoms with Crippen molar-refractivity contribution in [3.05, 3.63) is 130 Å². The van der Waals surface area contributed by atoms with Crippen LogP contribution in [0.3, 0.4) is 0 Å². The van der Waals surface area contributed by atoms with Crippen LogP contribution in [0, 0.1) is 19.7 Å². The Hall–Kier alpha value is -4.21. The molecule has 0 bridgehead atoms. The van der Waals surface area contributed by atoms with Crippen molar-refractivity contribution in [2.75, 3.05) is 17.4 Å². The maximum atomic E-state index is 15.0. The number of nitrogens with zero attached hydrogens (tertiary/aromatic N) is 2. The third-order valence-electron chi connectivity index (χ3n) is 7.38. The molecule has 0 aliphatic heterocycles. The Morgan fingerprint density at radius 2 is 1.55 bits per heavy atom. The van der Waals surface area contributed by atoms with Crippen molar-refractivity contribution < 1.29 is 22.4 Å². The number of hydrogen-bond donors (Lipinski definition) is 1. The van der Waals surface area contributed by atoms with E-state index in [1.165, 1.54) is 41.3 Å². The number of nitrogens with one attached hydrogen (secondary N) is 1. The number of likely N-dealkylation sites (N-methyl/N-ethyl adjacent to an activating group) is 1. The summed E-state index contributed by atoms with van der Waals surface area (Å²) in [5.41, 5.74) is 3.04. The smallest absolute Gasteiger partial charge is 0.264 e. The molecule has 230 valence electrons. The molecule has 0 unspecified atom stereocenters. The van der Waals surface area contributed by atoms with Crippen LogP contribution in [0.4, 0.5) is 10.1 Å². The SMILES string of the molecule is CCNC(=O)[C@@H](Cc1ccccc1)N(Cc1ccccc1F)C(=O)CN(c1ccc(C)c(C)c1)S(=O)(=O)c1ccc(Cl)cc1. The molecule has 0 radical (unpaired) electrons. The molecule has 0 saturated heterocycles. The number of halogens is 2. The van der Waals surface area contributed by atoms with E-state index < -0.39 is 40.2 Å². The monoisotopic (exact) mass is 635 g/mol. The van der Waals surface area contributed by atoms with Crippen molar-refractivity contribution in [2.45, 2.75) is 44.7 Å². The minimum Gasteiger partial charge on any atom is -0.355 e. The molecule has 44 heavy (non-hydrogen) atoms. The molecule has 4 rings (SSSR count). The van der Waals surface area contributed by atoms with Crippen molar-refractivity contribution in [3.63, 3.8) is 0 Å². The normalized spacial score (nSPS) is 11.9. The van der Waals surface area contributed by atoms with Gasteiger partial charge in [-0.25, -0.2) is 12.8 Å². The fraction of sp³-hybridized carbons (Fsp3) is 0.235. The highest BCUT2D eigenvalue weighted by molar-refractivity contribution is 7.92. The summed E-state index contributed by atoms with van der Waals surface area (Å²) >= 11 is 6.03. The fourth-order valence-corrected chi connectivity index (χ4v) is 6.33. The topological polar surface area (TPSA) is 86.8 Å². The Morgan fingerprint density at radius 1 is 0.886 bits per heavy atom. The molecule has 2 amide bonds. The number of amides is 2. The lowest BCUT2D eigenvalue weighted by molar-refractivity contribution is -0.140. The maximum Gasteiger partial charge on any atom is 0.264 e. The molecule has 10 heteroatoms. The first-order valence-corrected chi connectivity index (χ1v) is 16.0. The predicted molar refractivity (Wildman–Crippen MR) is 171 cm³/mol. The molecule has 1 atom stereocenters. The molecular weight excluding hydrogens is 601 g/mol. The molecule has 4 aromatic carbocycles. The molecule has 7 nitrogen and oxygen atoms in total. The van der Waals surface area contributed by atoms with Gasteiger partial charge >= 0.3 is 0 Å². The zero-order chi connectivity index (χ0) is 31.9. The van der Waals surface area contributed by atoms with Gasteiger partial charge in [0.2, 0.25) is 11.8 Å². The van der Waals surface area contributed by atoms with E-state index in [4.69, 9.17) is 11.6 Å². The first-order valence-electron chi connectivity index (χ1n) is 14.2. The highest BCUT2D eigenvalue weighted by Gasteiger charge is 2.35. The van der Waals surface area contributed by atoms with Gasteiger partial charge in [0, 0.05) is 30.1 Å². The predicted octanol–water partition coefficient (Wildman–Crippen LogP) is 6.07. The van der Waals surface area contributed by atoms with Crippen LogP contribution in [-0.2, 0) is 32.6 Å². The summed E-state index contributed by atoms with van der Waals surface area (Å²) in [4.78, 5) is 29.1. The molecular formula is C34H35ClFN3O4S. The van der Waals surface area contributed by atoms with Gasteiger partial charge in [0.15, 0.2) is 0 Å². The Bertz CT molecular complexity index is 1720. The number of sulfonamides is 1. The minimum absolute atomic E-state index is 0.0573. The van der Waals surface area contributed by atoms with Crippen molar-refractivity contribution in [3.8, 4) is 0 Å². The van der Waals surface area contributed by atoms with Crippen molar-refractivity contribution in [1.29, 1.82) is 0 Å². The molecule has 1 N–H and O–H groups in total. The van der Waals surface area contributed by atoms with Crippen molar-refractivity contribution in [1.82, 2.24) is 10.2 Å². The number of benzene rings is 4. The van der Waals surface area contributed by atoms with Gasteiger partial charge < -0.3 is 10.2 Å². The summed E-state index contributed by atoms with van der Waals surface area (Å²) in [5, 5.41) is 3.15. The number of aryl methyl sites for hydroxylation is 2. The zero-order valence-electron chi connectivity index (χ0n) is 24.8. The quantitative estimate of drug-likeness (QED) is 0.205. The van der Waals surface area contributed by atoms with E-state index in [2.05, 4.69) is 5.32 Å².